The van der Waals surface area contributed by atoms with Gasteiger partial charge in [0.25, 0.3) is 11.8 Å². The monoisotopic (exact) mass is 756 g/mol. The van der Waals surface area contributed by atoms with Crippen LogP contribution in [0.5, 0.6) is 0 Å². The summed E-state index contributed by atoms with van der Waals surface area (Å²) in [4.78, 5) is 38.0. The highest BCUT2D eigenvalue weighted by atomic mass is 19.4. The van der Waals surface area contributed by atoms with E-state index in [1.54, 1.807) is 6.07 Å². The number of fused-ring (bicyclic) bond motifs is 6. The maximum atomic E-state index is 14.0. The minimum absolute atomic E-state index is 0.00280. The first-order valence-electron chi connectivity index (χ1n) is 19.2. The van der Waals surface area contributed by atoms with Crippen molar-refractivity contribution in [2.75, 3.05) is 27.2 Å². The van der Waals surface area contributed by atoms with E-state index in [2.05, 4.69) is 44.5 Å². The van der Waals surface area contributed by atoms with Crippen molar-refractivity contribution in [2.45, 2.75) is 80.7 Å². The van der Waals surface area contributed by atoms with Gasteiger partial charge < -0.3 is 10.6 Å². The van der Waals surface area contributed by atoms with Crippen LogP contribution < -0.4 is 10.6 Å². The molecule has 55 heavy (non-hydrogen) atoms. The zero-order valence-corrected chi connectivity index (χ0v) is 31.2. The van der Waals surface area contributed by atoms with Gasteiger partial charge in [0, 0.05) is 36.6 Å². The van der Waals surface area contributed by atoms with Crippen molar-refractivity contribution >= 4 is 11.8 Å². The fourth-order valence-corrected chi connectivity index (χ4v) is 9.77. The zero-order chi connectivity index (χ0) is 38.8. The van der Waals surface area contributed by atoms with Crippen LogP contribution in [0, 0.1) is 17.8 Å². The van der Waals surface area contributed by atoms with Crippen molar-refractivity contribution < 1.29 is 27.2 Å². The lowest BCUT2D eigenvalue weighted by Gasteiger charge is -2.57. The van der Waals surface area contributed by atoms with E-state index in [4.69, 9.17) is 0 Å². The standard InChI is InChI=1S/C22H24F3N3O.C21H24FN3O/c1-28-14-15-9-11-21(28,12-10-15)19(16-6-3-2-4-7-16)27-20(29)18-17(22(23,24)25)8-5-13-26-18;1-25-14-15-9-11-21(25,12-10-15)18(16-6-3-2-4-7-16)24-20(26)17-8-5-13-23-19(17)22/h2-8,13,15,19H,9-12,14H2,1H3,(H,27,29);2-8,13,15,18H,9-12,14H2,1H3,(H,24,26). The third-order valence-corrected chi connectivity index (χ3v) is 12.7. The van der Waals surface area contributed by atoms with Gasteiger partial charge in [0.1, 0.15) is 5.69 Å². The predicted octanol–water partition coefficient (Wildman–Crippen LogP) is 8.01. The molecule has 2 aliphatic carbocycles. The van der Waals surface area contributed by atoms with Crippen LogP contribution in [0.4, 0.5) is 17.6 Å². The number of piperidine rings is 4. The van der Waals surface area contributed by atoms with Gasteiger partial charge >= 0.3 is 6.18 Å². The molecule has 8 nitrogen and oxygen atoms in total. The van der Waals surface area contributed by atoms with Crippen LogP contribution >= 0.6 is 0 Å². The van der Waals surface area contributed by atoms with Gasteiger partial charge in [-0.1, -0.05) is 60.7 Å². The topological polar surface area (TPSA) is 90.5 Å². The minimum atomic E-state index is -4.64. The Morgan fingerprint density at radius 2 is 1.13 bits per heavy atom. The average Bonchev–Trinajstić information content (AvgIpc) is 3.20. The molecule has 2 unspecified atom stereocenters. The molecule has 6 heterocycles. The van der Waals surface area contributed by atoms with E-state index in [1.807, 2.05) is 60.7 Å². The number of aromatic nitrogens is 2. The summed E-state index contributed by atoms with van der Waals surface area (Å²) in [5.74, 6) is -0.511. The van der Waals surface area contributed by atoms with Crippen molar-refractivity contribution in [3.63, 3.8) is 0 Å². The summed E-state index contributed by atoms with van der Waals surface area (Å²) in [7, 11) is 4.20. The molecular weight excluding hydrogens is 709 g/mol. The van der Waals surface area contributed by atoms with Crippen molar-refractivity contribution in [1.82, 2.24) is 30.4 Å². The number of rotatable bonds is 8. The number of amides is 2. The summed E-state index contributed by atoms with van der Waals surface area (Å²) in [5, 5.41) is 6.08. The molecule has 2 aromatic carbocycles. The van der Waals surface area contributed by atoms with Crippen LogP contribution in [-0.4, -0.2) is 69.8 Å². The molecule has 0 radical (unpaired) electrons. The highest BCUT2D eigenvalue weighted by molar-refractivity contribution is 5.95. The number of pyridine rings is 2. The highest BCUT2D eigenvalue weighted by Crippen LogP contribution is 2.50. The molecule has 2 saturated carbocycles. The third-order valence-electron chi connectivity index (χ3n) is 12.7. The van der Waals surface area contributed by atoms with Crippen LogP contribution in [0.2, 0.25) is 0 Å². The molecule has 6 fully saturated rings. The fourth-order valence-electron chi connectivity index (χ4n) is 9.77. The van der Waals surface area contributed by atoms with Gasteiger partial charge in [-0.3, -0.25) is 24.4 Å². The third kappa shape index (κ3) is 7.76. The number of benzene rings is 2. The van der Waals surface area contributed by atoms with Gasteiger partial charge in [0.2, 0.25) is 5.95 Å². The van der Waals surface area contributed by atoms with Crippen LogP contribution in [0.25, 0.3) is 0 Å². The number of carbonyl (C=O) groups excluding carboxylic acids is 2. The molecular formula is C43H48F4N6O2. The first-order chi connectivity index (χ1) is 26.4. The first kappa shape index (κ1) is 38.6. The zero-order valence-electron chi connectivity index (χ0n) is 31.2. The summed E-state index contributed by atoms with van der Waals surface area (Å²) < 4.78 is 54.2. The second kappa shape index (κ2) is 15.8. The number of nitrogens with one attached hydrogen (secondary N) is 2. The van der Waals surface area contributed by atoms with Crippen LogP contribution in [0.3, 0.4) is 0 Å². The molecule has 0 spiro atoms. The molecule has 10 rings (SSSR count). The molecule has 4 saturated heterocycles. The molecule has 2 N–H and O–H groups in total. The van der Waals surface area contributed by atoms with Crippen molar-refractivity contribution in [2.24, 2.45) is 11.8 Å². The van der Waals surface area contributed by atoms with E-state index in [0.717, 1.165) is 74.7 Å². The maximum absolute atomic E-state index is 14.0. The Labute approximate surface area is 319 Å². The summed E-state index contributed by atoms with van der Waals surface area (Å²) in [6.45, 7) is 2.00. The lowest BCUT2D eigenvalue weighted by atomic mass is 9.66. The number of hydrogen-bond acceptors (Lipinski definition) is 6. The Kier molecular flexibility index (Phi) is 11.1. The number of halogens is 4. The predicted molar refractivity (Wildman–Crippen MR) is 201 cm³/mol. The molecule has 4 aliphatic heterocycles. The molecule has 4 bridgehead atoms. The Bertz CT molecular complexity index is 1950. The van der Waals surface area contributed by atoms with E-state index in [9.17, 15) is 27.2 Å². The maximum Gasteiger partial charge on any atom is 0.418 e. The van der Waals surface area contributed by atoms with Gasteiger partial charge in [0.05, 0.1) is 23.2 Å². The van der Waals surface area contributed by atoms with Gasteiger partial charge in [-0.15, -0.1) is 0 Å². The van der Waals surface area contributed by atoms with E-state index < -0.39 is 41.2 Å². The normalized spacial score (nSPS) is 26.0. The Balaban J connectivity index is 0.000000170. The van der Waals surface area contributed by atoms with Crippen molar-refractivity contribution in [3.8, 4) is 0 Å². The van der Waals surface area contributed by atoms with Crippen molar-refractivity contribution in [3.05, 3.63) is 131 Å². The van der Waals surface area contributed by atoms with Crippen LogP contribution in [0.15, 0.2) is 97.3 Å². The number of alkyl halides is 3. The highest BCUT2D eigenvalue weighted by Gasteiger charge is 2.52. The van der Waals surface area contributed by atoms with Crippen LogP contribution in [0.1, 0.15) is 101 Å². The van der Waals surface area contributed by atoms with E-state index >= 15 is 0 Å². The second-order valence-corrected chi connectivity index (χ2v) is 15.7. The summed E-state index contributed by atoms with van der Waals surface area (Å²) >= 11 is 0. The van der Waals surface area contributed by atoms with Gasteiger partial charge in [0.15, 0.2) is 0 Å². The lowest BCUT2D eigenvalue weighted by molar-refractivity contribution is -0.138. The van der Waals surface area contributed by atoms with Crippen LogP contribution in [-0.2, 0) is 6.18 Å². The SMILES string of the molecule is CN1CC2CCC1(C(NC(=O)c1cccnc1F)c1ccccc1)CC2.CN1CC2CCC1(C(NC(=O)c1ncccc1C(F)(F)F)c1ccccc1)CC2. The number of carbonyl (C=O) groups is 2. The van der Waals surface area contributed by atoms with Crippen molar-refractivity contribution in [1.29, 1.82) is 0 Å². The lowest BCUT2D eigenvalue weighted by Crippen LogP contribution is -2.62. The average molecular weight is 757 g/mol. The number of hydrogen-bond donors (Lipinski definition) is 2. The first-order valence-corrected chi connectivity index (χ1v) is 19.2. The molecule has 2 aromatic heterocycles. The van der Waals surface area contributed by atoms with Gasteiger partial charge in [-0.05, 0) is 113 Å². The summed E-state index contributed by atoms with van der Waals surface area (Å²) in [5.41, 5.74) is -0.0532. The molecule has 290 valence electrons. The number of nitrogens with zero attached hydrogens (tertiary/aromatic N) is 4. The molecule has 2 amide bonds. The summed E-state index contributed by atoms with van der Waals surface area (Å²) in [6, 6.07) is 24.2. The Hall–Kier alpha value is -4.68. The van der Waals surface area contributed by atoms with E-state index in [1.165, 1.54) is 37.4 Å². The van der Waals surface area contributed by atoms with E-state index in [-0.39, 0.29) is 22.7 Å². The fraction of sp³-hybridized carbons (Fsp3) is 0.442. The Morgan fingerprint density at radius 3 is 1.58 bits per heavy atom. The minimum Gasteiger partial charge on any atom is -0.343 e. The van der Waals surface area contributed by atoms with Gasteiger partial charge in [-0.25, -0.2) is 4.98 Å². The van der Waals surface area contributed by atoms with Gasteiger partial charge in [-0.2, -0.15) is 17.6 Å². The smallest absolute Gasteiger partial charge is 0.343 e. The largest absolute Gasteiger partial charge is 0.418 e. The second-order valence-electron chi connectivity index (χ2n) is 15.7. The Morgan fingerprint density at radius 1 is 0.673 bits per heavy atom. The van der Waals surface area contributed by atoms with E-state index in [0.29, 0.717) is 5.92 Å². The number of likely N-dealkylation sites (N-methyl/N-ethyl adjacent to an activating group) is 2. The molecule has 12 heteroatoms. The molecule has 6 aliphatic rings. The summed E-state index contributed by atoms with van der Waals surface area (Å²) in [6.07, 6.45) is 6.35. The molecule has 4 aromatic rings. The molecule has 2 atom stereocenters. The quantitative estimate of drug-likeness (QED) is 0.140.